The number of hydrogen-bond acceptors (Lipinski definition) is 1. The van der Waals surface area contributed by atoms with E-state index in [-0.39, 0.29) is 71.1 Å². The summed E-state index contributed by atoms with van der Waals surface area (Å²) in [5.41, 5.74) is -1.50. The molecule has 0 aliphatic carbocycles. The molecule has 1 nitrogen and oxygen atoms in total. The van der Waals surface area contributed by atoms with E-state index < -0.39 is 132 Å². The lowest BCUT2D eigenvalue weighted by Gasteiger charge is -2.19. The SMILES string of the molecule is [2H]c1c([2H])c([2H])c(-c2c3c([2H])c([2H])c([2H])c([2H])c3c(-c3cccc4c(-c5c([2H])c([2H])c6oc7c([2H])c([2H])c([2H])c([2H])c7c6c5[2H])cccc34)c3c([2H])c([2H])c([2H])c([2H])c23)c([2H])c1[2H]. The molecule has 0 aliphatic rings. The summed E-state index contributed by atoms with van der Waals surface area (Å²) in [6, 6.07) is -3.92. The van der Waals surface area contributed by atoms with Crippen LogP contribution in [0.5, 0.6) is 0 Å². The maximum Gasteiger partial charge on any atom is 0.135 e. The Morgan fingerprint density at radius 3 is 1.60 bits per heavy atom. The summed E-state index contributed by atoms with van der Waals surface area (Å²) >= 11 is 0. The van der Waals surface area contributed by atoms with Crippen LogP contribution in [-0.4, -0.2) is 0 Å². The second kappa shape index (κ2) is 9.44. The van der Waals surface area contributed by atoms with Crippen molar-refractivity contribution in [3.05, 3.63) is 157 Å². The van der Waals surface area contributed by atoms with E-state index in [1.165, 1.54) is 12.1 Å². The molecule has 9 rings (SSSR count). The average Bonchev–Trinajstić information content (AvgIpc) is 3.69. The number of hydrogen-bond donors (Lipinski definition) is 0. The molecule has 0 saturated heterocycles. The lowest BCUT2D eigenvalue weighted by atomic mass is 9.84. The predicted molar refractivity (Wildman–Crippen MR) is 183 cm³/mol. The number of benzene rings is 8. The molecule has 0 N–H and O–H groups in total. The zero-order valence-corrected chi connectivity index (χ0v) is 21.9. The Kier molecular flexibility index (Phi) is 2.54. The molecule has 0 amide bonds. The fourth-order valence-electron chi connectivity index (χ4n) is 5.70. The van der Waals surface area contributed by atoms with Crippen molar-refractivity contribution in [2.45, 2.75) is 0 Å². The van der Waals surface area contributed by atoms with E-state index in [0.717, 1.165) is 0 Å². The molecule has 0 aliphatic heterocycles. The monoisotopic (exact) mass is 566 g/mol. The molecule has 1 heteroatoms. The van der Waals surface area contributed by atoms with Crippen molar-refractivity contribution in [3.8, 4) is 33.4 Å². The molecule has 9 aromatic rings. The quantitative estimate of drug-likeness (QED) is 0.194. The Morgan fingerprint density at radius 1 is 0.372 bits per heavy atom. The van der Waals surface area contributed by atoms with Gasteiger partial charge in [0.1, 0.15) is 11.2 Å². The van der Waals surface area contributed by atoms with Crippen molar-refractivity contribution in [3.63, 3.8) is 0 Å². The molecule has 200 valence electrons. The summed E-state index contributed by atoms with van der Waals surface area (Å²) in [4.78, 5) is 0. The van der Waals surface area contributed by atoms with Crippen molar-refractivity contribution < 1.29 is 31.8 Å². The number of fused-ring (bicyclic) bond motifs is 6. The smallest absolute Gasteiger partial charge is 0.135 e. The van der Waals surface area contributed by atoms with E-state index in [4.69, 9.17) is 25.0 Å². The first-order valence-electron chi connectivity index (χ1n) is 23.1. The first-order chi connectivity index (χ1) is 29.7. The minimum atomic E-state index is -0.792. The Labute approximate surface area is 277 Å². The molecule has 0 fully saturated rings. The third kappa shape index (κ3) is 3.65. The number of rotatable bonds is 3. The van der Waals surface area contributed by atoms with Gasteiger partial charge >= 0.3 is 0 Å². The van der Waals surface area contributed by atoms with Crippen LogP contribution in [0.15, 0.2) is 162 Å². The van der Waals surface area contributed by atoms with Gasteiger partial charge in [-0.1, -0.05) is 139 Å². The molecule has 1 heterocycles. The third-order valence-corrected chi connectivity index (χ3v) is 7.47. The van der Waals surface area contributed by atoms with Gasteiger partial charge in [-0.25, -0.2) is 0 Å². The van der Waals surface area contributed by atoms with Gasteiger partial charge in [0.15, 0.2) is 0 Å². The summed E-state index contributed by atoms with van der Waals surface area (Å²) < 4.78 is 182. The highest BCUT2D eigenvalue weighted by Crippen LogP contribution is 2.46. The second-order valence-electron chi connectivity index (χ2n) is 9.72. The van der Waals surface area contributed by atoms with Gasteiger partial charge in [-0.05, 0) is 83.8 Å². The van der Waals surface area contributed by atoms with E-state index in [2.05, 4.69) is 0 Å². The van der Waals surface area contributed by atoms with Gasteiger partial charge in [-0.15, -0.1) is 0 Å². The first-order valence-corrected chi connectivity index (χ1v) is 13.1. The fourth-order valence-corrected chi connectivity index (χ4v) is 5.70. The molecule has 8 aromatic carbocycles. The lowest BCUT2D eigenvalue weighted by Crippen LogP contribution is -1.92. The molecule has 0 spiro atoms. The van der Waals surface area contributed by atoms with Gasteiger partial charge in [-0.2, -0.15) is 0 Å². The summed E-state index contributed by atoms with van der Waals surface area (Å²) in [7, 11) is 0. The summed E-state index contributed by atoms with van der Waals surface area (Å²) in [5.74, 6) is 0. The van der Waals surface area contributed by atoms with E-state index in [0.29, 0.717) is 5.39 Å². The Hall–Kier alpha value is -5.66. The fraction of sp³-hybridized carbons (Fsp3) is 0. The van der Waals surface area contributed by atoms with E-state index in [1.807, 2.05) is 0 Å². The van der Waals surface area contributed by atoms with Crippen LogP contribution in [0.25, 0.3) is 87.6 Å². The van der Waals surface area contributed by atoms with Crippen LogP contribution in [-0.2, 0) is 0 Å². The maximum absolute atomic E-state index is 9.43. The van der Waals surface area contributed by atoms with Crippen molar-refractivity contribution in [1.82, 2.24) is 0 Å². The minimum absolute atomic E-state index is 0.122. The lowest BCUT2D eigenvalue weighted by molar-refractivity contribution is 0.669. The van der Waals surface area contributed by atoms with Crippen LogP contribution in [0.3, 0.4) is 0 Å². The van der Waals surface area contributed by atoms with E-state index in [1.54, 1.807) is 24.3 Å². The van der Waals surface area contributed by atoms with Crippen molar-refractivity contribution in [1.29, 1.82) is 0 Å². The van der Waals surface area contributed by atoms with Crippen LogP contribution in [0.2, 0.25) is 0 Å². The molecule has 1 aromatic heterocycles. The molecular weight excluding hydrogens is 520 g/mol. The van der Waals surface area contributed by atoms with E-state index in [9.17, 15) is 6.85 Å². The standard InChI is InChI=1S/C42H26O/c1-2-12-27(13-3-1)41-34-15-4-6-17-36(34)42(37-18-7-5-16-35(37)41)33-22-11-20-30-29(19-10-21-31(30)33)28-24-25-40-38(26-28)32-14-8-9-23-39(32)43-40/h1-26H/i1D,2D,3D,4D,5D,6D,7D,8D,9D,12D,13D,14D,15D,16D,17D,18D,23D,24D,25D,26D. The van der Waals surface area contributed by atoms with Gasteiger partial charge in [-0.3, -0.25) is 0 Å². The van der Waals surface area contributed by atoms with Crippen molar-refractivity contribution >= 4 is 54.3 Å². The third-order valence-electron chi connectivity index (χ3n) is 7.47. The zero-order valence-electron chi connectivity index (χ0n) is 41.9. The Bertz CT molecular complexity index is 3520. The Balaban J connectivity index is 1.50. The topological polar surface area (TPSA) is 13.1 Å². The van der Waals surface area contributed by atoms with E-state index >= 15 is 0 Å². The zero-order chi connectivity index (χ0) is 45.7. The van der Waals surface area contributed by atoms with Gasteiger partial charge in [0, 0.05) is 10.8 Å². The average molecular weight is 567 g/mol. The molecule has 0 unspecified atom stereocenters. The maximum atomic E-state index is 9.43. The molecule has 43 heavy (non-hydrogen) atoms. The highest BCUT2D eigenvalue weighted by Gasteiger charge is 2.18. The summed E-state index contributed by atoms with van der Waals surface area (Å²) in [6.07, 6.45) is 0. The molecule has 0 atom stereocenters. The van der Waals surface area contributed by atoms with Crippen LogP contribution < -0.4 is 0 Å². The second-order valence-corrected chi connectivity index (χ2v) is 9.72. The van der Waals surface area contributed by atoms with Crippen molar-refractivity contribution in [2.24, 2.45) is 0 Å². The molecule has 0 bridgehead atoms. The number of para-hydroxylation sites is 1. The predicted octanol–water partition coefficient (Wildman–Crippen LogP) is 12.0. The van der Waals surface area contributed by atoms with Crippen molar-refractivity contribution in [2.75, 3.05) is 0 Å². The van der Waals surface area contributed by atoms with Gasteiger partial charge < -0.3 is 4.42 Å². The van der Waals surface area contributed by atoms with Crippen LogP contribution in [0.4, 0.5) is 0 Å². The molecule has 0 radical (unpaired) electrons. The van der Waals surface area contributed by atoms with Crippen LogP contribution >= 0.6 is 0 Å². The minimum Gasteiger partial charge on any atom is -0.456 e. The summed E-state index contributed by atoms with van der Waals surface area (Å²) in [6.45, 7) is 0. The van der Waals surface area contributed by atoms with Gasteiger partial charge in [0.05, 0.1) is 27.4 Å². The number of furan rings is 1. The summed E-state index contributed by atoms with van der Waals surface area (Å²) in [5, 5.41) is -1.08. The molecule has 0 saturated carbocycles. The van der Waals surface area contributed by atoms with Gasteiger partial charge in [0.25, 0.3) is 0 Å². The molecular formula is C42H26O. The van der Waals surface area contributed by atoms with Crippen LogP contribution in [0.1, 0.15) is 27.4 Å². The Morgan fingerprint density at radius 2 is 0.907 bits per heavy atom. The highest BCUT2D eigenvalue weighted by atomic mass is 16.3. The normalized spacial score (nSPS) is 18.2. The first kappa shape index (κ1) is 11.6. The highest BCUT2D eigenvalue weighted by molar-refractivity contribution is 6.24. The van der Waals surface area contributed by atoms with Gasteiger partial charge in [0.2, 0.25) is 0 Å². The van der Waals surface area contributed by atoms with Crippen LogP contribution in [0, 0.1) is 0 Å². The largest absolute Gasteiger partial charge is 0.456 e.